The van der Waals surface area contributed by atoms with Gasteiger partial charge < -0.3 is 10.1 Å². The third-order valence-electron chi connectivity index (χ3n) is 5.09. The van der Waals surface area contributed by atoms with E-state index in [0.717, 1.165) is 5.56 Å². The van der Waals surface area contributed by atoms with Crippen LogP contribution in [0.25, 0.3) is 0 Å². The van der Waals surface area contributed by atoms with Crippen LogP contribution >= 0.6 is 0 Å². The van der Waals surface area contributed by atoms with E-state index in [-0.39, 0.29) is 10.5 Å². The quantitative estimate of drug-likeness (QED) is 0.485. The monoisotopic (exact) mass is 466 g/mol. The van der Waals surface area contributed by atoms with Gasteiger partial charge in [0.15, 0.2) is 6.10 Å². The van der Waals surface area contributed by atoms with E-state index in [1.54, 1.807) is 37.3 Å². The van der Waals surface area contributed by atoms with Gasteiger partial charge in [-0.25, -0.2) is 13.2 Å². The van der Waals surface area contributed by atoms with Gasteiger partial charge in [0.25, 0.3) is 15.9 Å². The van der Waals surface area contributed by atoms with E-state index in [4.69, 9.17) is 4.74 Å². The molecule has 1 amide bonds. The highest BCUT2D eigenvalue weighted by Gasteiger charge is 2.24. The van der Waals surface area contributed by atoms with Crippen molar-refractivity contribution in [1.29, 1.82) is 0 Å². The van der Waals surface area contributed by atoms with Crippen molar-refractivity contribution in [2.24, 2.45) is 0 Å². The lowest BCUT2D eigenvalue weighted by molar-refractivity contribution is -0.130. The highest BCUT2D eigenvalue weighted by Crippen LogP contribution is 2.22. The number of amides is 1. The molecule has 0 aliphatic carbocycles. The van der Waals surface area contributed by atoms with Crippen LogP contribution in [-0.4, -0.2) is 33.4 Å². The van der Waals surface area contributed by atoms with Crippen LogP contribution < -0.4 is 9.62 Å². The number of para-hydroxylation sites is 1. The number of nitrogens with zero attached hydrogens (tertiary/aromatic N) is 1. The minimum atomic E-state index is -3.79. The van der Waals surface area contributed by atoms with Crippen LogP contribution in [0.15, 0.2) is 89.8 Å². The number of rotatable bonds is 9. The first-order valence-corrected chi connectivity index (χ1v) is 11.9. The number of carbonyl (C=O) groups excluding carboxylic acids is 2. The molecule has 1 atom stereocenters. The Bertz CT molecular complexity index is 1180. The Morgan fingerprint density at radius 3 is 2.06 bits per heavy atom. The number of esters is 1. The second-order valence-corrected chi connectivity index (χ2v) is 9.31. The number of anilines is 1. The lowest BCUT2D eigenvalue weighted by Crippen LogP contribution is -2.37. The summed E-state index contributed by atoms with van der Waals surface area (Å²) in [4.78, 5) is 25.0. The van der Waals surface area contributed by atoms with Gasteiger partial charge in [0.1, 0.15) is 0 Å². The average Bonchev–Trinajstić information content (AvgIpc) is 2.86. The molecule has 1 N–H and O–H groups in total. The summed E-state index contributed by atoms with van der Waals surface area (Å²) in [6, 6.07) is 23.6. The smallest absolute Gasteiger partial charge is 0.338 e. The molecule has 3 aromatic rings. The van der Waals surface area contributed by atoms with E-state index in [2.05, 4.69) is 5.32 Å². The van der Waals surface area contributed by atoms with Crippen LogP contribution in [0.2, 0.25) is 0 Å². The number of carbonyl (C=O) groups is 2. The van der Waals surface area contributed by atoms with Crippen molar-refractivity contribution in [3.8, 4) is 0 Å². The number of nitrogens with one attached hydrogen (secondary N) is 1. The van der Waals surface area contributed by atoms with Crippen LogP contribution in [0.4, 0.5) is 5.69 Å². The summed E-state index contributed by atoms with van der Waals surface area (Å²) in [6.45, 7) is 2.07. The van der Waals surface area contributed by atoms with Crippen LogP contribution in [0.5, 0.6) is 0 Å². The molecular weight excluding hydrogens is 440 g/mol. The Balaban J connectivity index is 1.64. The summed E-state index contributed by atoms with van der Waals surface area (Å²) < 4.78 is 32.3. The molecule has 0 heterocycles. The van der Waals surface area contributed by atoms with Crippen molar-refractivity contribution >= 4 is 27.6 Å². The third kappa shape index (κ3) is 5.98. The molecule has 0 radical (unpaired) electrons. The second kappa shape index (κ2) is 10.8. The molecule has 0 saturated heterocycles. The van der Waals surface area contributed by atoms with Crippen molar-refractivity contribution in [2.75, 3.05) is 11.4 Å². The molecule has 7 nitrogen and oxygen atoms in total. The van der Waals surface area contributed by atoms with Crippen molar-refractivity contribution in [2.45, 2.75) is 30.9 Å². The summed E-state index contributed by atoms with van der Waals surface area (Å²) in [5.41, 5.74) is 1.61. The average molecular weight is 467 g/mol. The van der Waals surface area contributed by atoms with Gasteiger partial charge in [0, 0.05) is 13.6 Å². The Hall–Kier alpha value is -3.65. The topological polar surface area (TPSA) is 92.8 Å². The third-order valence-corrected chi connectivity index (χ3v) is 6.89. The standard InChI is InChI=1S/C25H26N2O5S/c1-3-23(24(28)26-18-19-10-6-4-7-11-19)32-25(29)20-14-16-22(17-15-20)33(30,31)27(2)21-12-8-5-9-13-21/h4-17,23H,3,18H2,1-2H3,(H,26,28). The predicted octanol–water partition coefficient (Wildman–Crippen LogP) is 3.76. The summed E-state index contributed by atoms with van der Waals surface area (Å²) >= 11 is 0. The van der Waals surface area contributed by atoms with Gasteiger partial charge in [-0.2, -0.15) is 0 Å². The Morgan fingerprint density at radius 2 is 1.48 bits per heavy atom. The van der Waals surface area contributed by atoms with Crippen LogP contribution in [-0.2, 0) is 26.1 Å². The van der Waals surface area contributed by atoms with E-state index >= 15 is 0 Å². The maximum Gasteiger partial charge on any atom is 0.338 e. The first-order valence-electron chi connectivity index (χ1n) is 10.5. The largest absolute Gasteiger partial charge is 0.449 e. The minimum Gasteiger partial charge on any atom is -0.449 e. The zero-order valence-electron chi connectivity index (χ0n) is 18.5. The molecule has 0 saturated carbocycles. The van der Waals surface area contributed by atoms with Gasteiger partial charge >= 0.3 is 5.97 Å². The summed E-state index contributed by atoms with van der Waals surface area (Å²) in [5.74, 6) is -1.09. The number of sulfonamides is 1. The molecule has 33 heavy (non-hydrogen) atoms. The predicted molar refractivity (Wildman–Crippen MR) is 126 cm³/mol. The van der Waals surface area contributed by atoms with Crippen molar-refractivity contribution < 1.29 is 22.7 Å². The molecule has 3 aromatic carbocycles. The molecule has 0 bridgehead atoms. The fraction of sp³-hybridized carbons (Fsp3) is 0.200. The van der Waals surface area contributed by atoms with E-state index in [9.17, 15) is 18.0 Å². The fourth-order valence-corrected chi connectivity index (χ4v) is 4.31. The number of hydrogen-bond donors (Lipinski definition) is 1. The molecule has 0 spiro atoms. The summed E-state index contributed by atoms with van der Waals surface area (Å²) in [6.07, 6.45) is -0.644. The summed E-state index contributed by atoms with van der Waals surface area (Å²) in [5, 5.41) is 2.76. The van der Waals surface area contributed by atoms with Gasteiger partial charge in [-0.3, -0.25) is 9.10 Å². The van der Waals surface area contributed by atoms with E-state index < -0.39 is 28.0 Å². The highest BCUT2D eigenvalue weighted by atomic mass is 32.2. The Labute approximate surface area is 194 Å². The van der Waals surface area contributed by atoms with Gasteiger partial charge in [-0.05, 0) is 48.4 Å². The minimum absolute atomic E-state index is 0.0399. The lowest BCUT2D eigenvalue weighted by atomic mass is 10.2. The molecule has 1 unspecified atom stereocenters. The van der Waals surface area contributed by atoms with Crippen LogP contribution in [0, 0.1) is 0 Å². The van der Waals surface area contributed by atoms with Crippen molar-refractivity contribution in [1.82, 2.24) is 5.32 Å². The molecule has 0 aromatic heterocycles. The zero-order valence-corrected chi connectivity index (χ0v) is 19.3. The first-order chi connectivity index (χ1) is 15.8. The highest BCUT2D eigenvalue weighted by molar-refractivity contribution is 7.92. The number of benzene rings is 3. The van der Waals surface area contributed by atoms with Gasteiger partial charge in [0.05, 0.1) is 16.1 Å². The Kier molecular flexibility index (Phi) is 7.84. The number of hydrogen-bond acceptors (Lipinski definition) is 5. The van der Waals surface area contributed by atoms with Crippen LogP contribution in [0.1, 0.15) is 29.3 Å². The van der Waals surface area contributed by atoms with Crippen molar-refractivity contribution in [3.05, 3.63) is 96.1 Å². The SMILES string of the molecule is CCC(OC(=O)c1ccc(S(=O)(=O)N(C)c2ccccc2)cc1)C(=O)NCc1ccccc1. The molecule has 0 aliphatic heterocycles. The van der Waals surface area contributed by atoms with E-state index in [0.29, 0.717) is 18.7 Å². The van der Waals surface area contributed by atoms with Gasteiger partial charge in [0.2, 0.25) is 0 Å². The molecule has 0 fully saturated rings. The zero-order chi connectivity index (χ0) is 23.8. The molecule has 3 rings (SSSR count). The summed E-state index contributed by atoms with van der Waals surface area (Å²) in [7, 11) is -2.33. The van der Waals surface area contributed by atoms with Gasteiger partial charge in [-0.1, -0.05) is 55.5 Å². The first kappa shape index (κ1) is 24.0. The van der Waals surface area contributed by atoms with Crippen LogP contribution in [0.3, 0.4) is 0 Å². The maximum absolute atomic E-state index is 12.9. The molecule has 0 aliphatic rings. The van der Waals surface area contributed by atoms with Crippen molar-refractivity contribution in [3.63, 3.8) is 0 Å². The van der Waals surface area contributed by atoms with Gasteiger partial charge in [-0.15, -0.1) is 0 Å². The van der Waals surface area contributed by atoms with E-state index in [1.807, 2.05) is 30.3 Å². The molecule has 8 heteroatoms. The normalized spacial score (nSPS) is 11.9. The number of ether oxygens (including phenoxy) is 1. The van der Waals surface area contributed by atoms with E-state index in [1.165, 1.54) is 35.6 Å². The second-order valence-electron chi connectivity index (χ2n) is 7.34. The maximum atomic E-state index is 12.9. The fourth-order valence-electron chi connectivity index (χ4n) is 3.12. The molecule has 172 valence electrons. The Morgan fingerprint density at radius 1 is 0.909 bits per heavy atom. The lowest BCUT2D eigenvalue weighted by Gasteiger charge is -2.19. The molecular formula is C25H26N2O5S.